The SMILES string of the molecule is CCn1cncc1CNCC(C)N(C)C. The number of nitrogens with zero attached hydrogens (tertiary/aromatic N) is 3. The van der Waals surface area contributed by atoms with Gasteiger partial charge in [0.15, 0.2) is 0 Å². The van der Waals surface area contributed by atoms with Crippen molar-refractivity contribution in [1.82, 2.24) is 19.8 Å². The van der Waals surface area contributed by atoms with Gasteiger partial charge in [-0.1, -0.05) is 0 Å². The Morgan fingerprint density at radius 3 is 2.87 bits per heavy atom. The molecule has 1 N–H and O–H groups in total. The van der Waals surface area contributed by atoms with Crippen LogP contribution in [0.2, 0.25) is 0 Å². The van der Waals surface area contributed by atoms with E-state index >= 15 is 0 Å². The summed E-state index contributed by atoms with van der Waals surface area (Å²) in [5, 5.41) is 3.44. The highest BCUT2D eigenvalue weighted by molar-refractivity contribution is 4.97. The van der Waals surface area contributed by atoms with Crippen LogP contribution in [-0.2, 0) is 13.1 Å². The summed E-state index contributed by atoms with van der Waals surface area (Å²) in [6.45, 7) is 7.23. The number of rotatable bonds is 6. The molecule has 86 valence electrons. The van der Waals surface area contributed by atoms with E-state index in [0.29, 0.717) is 6.04 Å². The maximum absolute atomic E-state index is 4.14. The van der Waals surface area contributed by atoms with Crippen LogP contribution in [0.15, 0.2) is 12.5 Å². The minimum absolute atomic E-state index is 0.558. The molecular formula is C11H22N4. The molecule has 0 amide bonds. The maximum Gasteiger partial charge on any atom is 0.0948 e. The van der Waals surface area contributed by atoms with Crippen molar-refractivity contribution in [3.8, 4) is 0 Å². The van der Waals surface area contributed by atoms with Crippen LogP contribution in [0.3, 0.4) is 0 Å². The van der Waals surface area contributed by atoms with Gasteiger partial charge in [-0.05, 0) is 27.9 Å². The van der Waals surface area contributed by atoms with Crippen molar-refractivity contribution >= 4 is 0 Å². The van der Waals surface area contributed by atoms with Crippen LogP contribution < -0.4 is 5.32 Å². The highest BCUT2D eigenvalue weighted by atomic mass is 15.1. The average molecular weight is 210 g/mol. The number of likely N-dealkylation sites (N-methyl/N-ethyl adjacent to an activating group) is 1. The third-order valence-corrected chi connectivity index (χ3v) is 2.77. The Labute approximate surface area is 92.3 Å². The average Bonchev–Trinajstić information content (AvgIpc) is 2.65. The summed E-state index contributed by atoms with van der Waals surface area (Å²) >= 11 is 0. The first-order chi connectivity index (χ1) is 7.15. The van der Waals surface area contributed by atoms with Crippen molar-refractivity contribution in [1.29, 1.82) is 0 Å². The van der Waals surface area contributed by atoms with Crippen molar-refractivity contribution in [2.24, 2.45) is 0 Å². The largest absolute Gasteiger partial charge is 0.334 e. The van der Waals surface area contributed by atoms with Crippen LogP contribution in [0.25, 0.3) is 0 Å². The first-order valence-corrected chi connectivity index (χ1v) is 5.51. The third kappa shape index (κ3) is 3.64. The van der Waals surface area contributed by atoms with E-state index in [1.54, 1.807) is 0 Å². The minimum atomic E-state index is 0.558. The van der Waals surface area contributed by atoms with Gasteiger partial charge in [0.2, 0.25) is 0 Å². The van der Waals surface area contributed by atoms with E-state index in [1.807, 2.05) is 12.5 Å². The van der Waals surface area contributed by atoms with Crippen LogP contribution in [0.5, 0.6) is 0 Å². The Kier molecular flexibility index (Phi) is 4.78. The molecule has 4 heteroatoms. The van der Waals surface area contributed by atoms with E-state index in [2.05, 4.69) is 47.7 Å². The fourth-order valence-corrected chi connectivity index (χ4v) is 1.37. The van der Waals surface area contributed by atoms with Gasteiger partial charge in [0.25, 0.3) is 0 Å². The molecule has 0 saturated carbocycles. The van der Waals surface area contributed by atoms with Crippen molar-refractivity contribution < 1.29 is 0 Å². The maximum atomic E-state index is 4.14. The molecule has 1 rings (SSSR count). The molecule has 0 aliphatic heterocycles. The smallest absolute Gasteiger partial charge is 0.0948 e. The summed E-state index contributed by atoms with van der Waals surface area (Å²) in [6.07, 6.45) is 3.81. The van der Waals surface area contributed by atoms with E-state index in [0.717, 1.165) is 19.6 Å². The topological polar surface area (TPSA) is 33.1 Å². The Hall–Kier alpha value is -0.870. The summed E-state index contributed by atoms with van der Waals surface area (Å²) in [7, 11) is 4.20. The van der Waals surface area contributed by atoms with E-state index < -0.39 is 0 Å². The molecule has 0 fully saturated rings. The Bertz CT molecular complexity index is 280. The monoisotopic (exact) mass is 210 g/mol. The molecule has 0 saturated heterocycles. The second-order valence-electron chi connectivity index (χ2n) is 4.11. The predicted molar refractivity (Wildman–Crippen MR) is 62.8 cm³/mol. The molecule has 0 aromatic carbocycles. The minimum Gasteiger partial charge on any atom is -0.334 e. The highest BCUT2D eigenvalue weighted by Crippen LogP contribution is 1.98. The summed E-state index contributed by atoms with van der Waals surface area (Å²) < 4.78 is 2.16. The quantitative estimate of drug-likeness (QED) is 0.758. The molecule has 4 nitrogen and oxygen atoms in total. The first-order valence-electron chi connectivity index (χ1n) is 5.51. The molecule has 1 atom stereocenters. The zero-order valence-electron chi connectivity index (χ0n) is 10.2. The van der Waals surface area contributed by atoms with Crippen molar-refractivity contribution in [3.05, 3.63) is 18.2 Å². The zero-order chi connectivity index (χ0) is 11.3. The van der Waals surface area contributed by atoms with Crippen molar-refractivity contribution in [2.45, 2.75) is 33.0 Å². The molecule has 0 bridgehead atoms. The Balaban J connectivity index is 2.31. The normalized spacial score (nSPS) is 13.4. The summed E-state index contributed by atoms with van der Waals surface area (Å²) in [4.78, 5) is 6.35. The van der Waals surface area contributed by atoms with Crippen LogP contribution in [0, 0.1) is 0 Å². The first kappa shape index (κ1) is 12.2. The zero-order valence-corrected chi connectivity index (χ0v) is 10.2. The number of aryl methyl sites for hydroxylation is 1. The van der Waals surface area contributed by atoms with Gasteiger partial charge in [-0.3, -0.25) is 0 Å². The number of hydrogen-bond acceptors (Lipinski definition) is 3. The molecule has 1 aromatic heterocycles. The number of aromatic nitrogens is 2. The van der Waals surface area contributed by atoms with Crippen molar-refractivity contribution in [3.63, 3.8) is 0 Å². The van der Waals surface area contributed by atoms with Crippen molar-refractivity contribution in [2.75, 3.05) is 20.6 Å². The van der Waals surface area contributed by atoms with Gasteiger partial charge in [0, 0.05) is 31.9 Å². The standard InChI is InChI=1S/C11H22N4/c1-5-15-9-13-8-11(15)7-12-6-10(2)14(3)4/h8-10,12H,5-7H2,1-4H3. The van der Waals surface area contributed by atoms with E-state index in [-0.39, 0.29) is 0 Å². The molecule has 0 aliphatic rings. The number of imidazole rings is 1. The lowest BCUT2D eigenvalue weighted by Gasteiger charge is -2.20. The second-order valence-corrected chi connectivity index (χ2v) is 4.11. The molecule has 15 heavy (non-hydrogen) atoms. The lowest BCUT2D eigenvalue weighted by Crippen LogP contribution is -2.35. The molecule has 1 heterocycles. The van der Waals surface area contributed by atoms with Gasteiger partial charge in [0.1, 0.15) is 0 Å². The molecule has 0 radical (unpaired) electrons. The van der Waals surface area contributed by atoms with Gasteiger partial charge >= 0.3 is 0 Å². The Morgan fingerprint density at radius 2 is 2.27 bits per heavy atom. The second kappa shape index (κ2) is 5.88. The number of hydrogen-bond donors (Lipinski definition) is 1. The summed E-state index contributed by atoms with van der Waals surface area (Å²) in [6, 6.07) is 0.558. The summed E-state index contributed by atoms with van der Waals surface area (Å²) in [5.74, 6) is 0. The lowest BCUT2D eigenvalue weighted by molar-refractivity contribution is 0.302. The highest BCUT2D eigenvalue weighted by Gasteiger charge is 2.04. The van der Waals surface area contributed by atoms with Crippen LogP contribution in [0.4, 0.5) is 0 Å². The van der Waals surface area contributed by atoms with Crippen LogP contribution in [-0.4, -0.2) is 41.1 Å². The molecular weight excluding hydrogens is 188 g/mol. The molecule has 1 aromatic rings. The predicted octanol–water partition coefficient (Wildman–Crippen LogP) is 0.943. The molecule has 1 unspecified atom stereocenters. The van der Waals surface area contributed by atoms with E-state index in [1.165, 1.54) is 5.69 Å². The van der Waals surface area contributed by atoms with Crippen LogP contribution >= 0.6 is 0 Å². The van der Waals surface area contributed by atoms with Gasteiger partial charge in [-0.2, -0.15) is 0 Å². The van der Waals surface area contributed by atoms with Crippen LogP contribution in [0.1, 0.15) is 19.5 Å². The van der Waals surface area contributed by atoms with Gasteiger partial charge in [-0.15, -0.1) is 0 Å². The third-order valence-electron chi connectivity index (χ3n) is 2.77. The lowest BCUT2D eigenvalue weighted by atomic mass is 10.3. The fraction of sp³-hybridized carbons (Fsp3) is 0.727. The number of nitrogens with one attached hydrogen (secondary N) is 1. The van der Waals surface area contributed by atoms with E-state index in [4.69, 9.17) is 0 Å². The van der Waals surface area contributed by atoms with E-state index in [9.17, 15) is 0 Å². The molecule has 0 spiro atoms. The summed E-state index contributed by atoms with van der Waals surface area (Å²) in [5.41, 5.74) is 1.25. The Morgan fingerprint density at radius 1 is 1.53 bits per heavy atom. The molecule has 0 aliphatic carbocycles. The van der Waals surface area contributed by atoms with Gasteiger partial charge < -0.3 is 14.8 Å². The van der Waals surface area contributed by atoms with Gasteiger partial charge in [0.05, 0.1) is 12.0 Å². The van der Waals surface area contributed by atoms with Gasteiger partial charge in [-0.25, -0.2) is 4.98 Å². The fourth-order valence-electron chi connectivity index (χ4n) is 1.37.